The molecule has 0 saturated carbocycles. The van der Waals surface area contributed by atoms with E-state index in [2.05, 4.69) is 26.0 Å². The van der Waals surface area contributed by atoms with Gasteiger partial charge in [0.15, 0.2) is 0 Å². The van der Waals surface area contributed by atoms with E-state index in [9.17, 15) is 4.21 Å². The monoisotopic (exact) mass is 279 g/mol. The van der Waals surface area contributed by atoms with Crippen LogP contribution in [0.25, 0.3) is 0 Å². The number of rotatable bonds is 4. The van der Waals surface area contributed by atoms with E-state index in [0.717, 1.165) is 9.77 Å². The van der Waals surface area contributed by atoms with E-state index >= 15 is 0 Å². The second-order valence-electron chi connectivity index (χ2n) is 4.39. The van der Waals surface area contributed by atoms with Crippen molar-refractivity contribution in [1.82, 2.24) is 0 Å². The molecule has 0 aliphatic heterocycles. The van der Waals surface area contributed by atoms with Crippen LogP contribution in [0, 0.1) is 13.8 Å². The number of nitrogens with two attached hydrogens (primary N) is 1. The average molecular weight is 279 g/mol. The molecule has 0 aliphatic rings. The van der Waals surface area contributed by atoms with Gasteiger partial charge in [-0.3, -0.25) is 4.21 Å². The number of thiophene rings is 1. The second-order valence-corrected chi connectivity index (χ2v) is 7.06. The summed E-state index contributed by atoms with van der Waals surface area (Å²) in [5.41, 5.74) is 9.67. The largest absolute Gasteiger partial charge is 0.323 e. The van der Waals surface area contributed by atoms with Crippen LogP contribution in [-0.4, -0.2) is 9.96 Å². The quantitative estimate of drug-likeness (QED) is 0.934. The van der Waals surface area contributed by atoms with Crippen LogP contribution in [0.5, 0.6) is 0 Å². The first-order chi connectivity index (χ1) is 8.58. The van der Waals surface area contributed by atoms with E-state index in [4.69, 9.17) is 5.73 Å². The summed E-state index contributed by atoms with van der Waals surface area (Å²) in [4.78, 5) is 0. The lowest BCUT2D eigenvalue weighted by Crippen LogP contribution is -2.18. The zero-order chi connectivity index (χ0) is 13.1. The highest BCUT2D eigenvalue weighted by Crippen LogP contribution is 2.20. The molecule has 2 rings (SSSR count). The summed E-state index contributed by atoms with van der Waals surface area (Å²) in [6.07, 6.45) is 0. The van der Waals surface area contributed by atoms with Crippen molar-refractivity contribution < 1.29 is 4.21 Å². The molecule has 2 atom stereocenters. The zero-order valence-corrected chi connectivity index (χ0v) is 12.2. The van der Waals surface area contributed by atoms with Crippen molar-refractivity contribution in [2.75, 3.05) is 5.75 Å². The first-order valence-corrected chi connectivity index (χ1v) is 8.02. The van der Waals surface area contributed by atoms with E-state index in [1.54, 1.807) is 0 Å². The molecule has 0 radical (unpaired) electrons. The van der Waals surface area contributed by atoms with Crippen molar-refractivity contribution in [3.05, 3.63) is 52.4 Å². The molecule has 0 fully saturated rings. The summed E-state index contributed by atoms with van der Waals surface area (Å²) in [5, 5.41) is 1.94. The van der Waals surface area contributed by atoms with Crippen molar-refractivity contribution in [3.8, 4) is 0 Å². The Bertz CT molecular complexity index is 549. The molecule has 18 heavy (non-hydrogen) atoms. The lowest BCUT2D eigenvalue weighted by molar-refractivity contribution is 0.676. The fraction of sp³-hybridized carbons (Fsp3) is 0.286. The van der Waals surface area contributed by atoms with E-state index < -0.39 is 10.8 Å². The Morgan fingerprint density at radius 1 is 1.28 bits per heavy atom. The minimum Gasteiger partial charge on any atom is -0.323 e. The highest BCUT2D eigenvalue weighted by molar-refractivity contribution is 7.87. The van der Waals surface area contributed by atoms with E-state index in [-0.39, 0.29) is 6.04 Å². The van der Waals surface area contributed by atoms with Gasteiger partial charge >= 0.3 is 0 Å². The van der Waals surface area contributed by atoms with Crippen LogP contribution in [-0.2, 0) is 10.8 Å². The maximum atomic E-state index is 12.1. The molecule has 0 spiro atoms. The number of benzene rings is 1. The van der Waals surface area contributed by atoms with Gasteiger partial charge in [0.2, 0.25) is 0 Å². The van der Waals surface area contributed by atoms with Crippen LogP contribution in [0.4, 0.5) is 0 Å². The van der Waals surface area contributed by atoms with Gasteiger partial charge in [-0.1, -0.05) is 24.3 Å². The SMILES string of the molecule is Cc1ccc(C(N)CS(=O)c2cccs2)cc1C. The third-order valence-electron chi connectivity index (χ3n) is 3.01. The Morgan fingerprint density at radius 3 is 2.67 bits per heavy atom. The van der Waals surface area contributed by atoms with Gasteiger partial charge in [-0.15, -0.1) is 11.3 Å². The van der Waals surface area contributed by atoms with Crippen molar-refractivity contribution >= 4 is 22.1 Å². The third-order valence-corrected chi connectivity index (χ3v) is 5.76. The van der Waals surface area contributed by atoms with Crippen LogP contribution in [0.15, 0.2) is 39.9 Å². The molecule has 2 nitrogen and oxygen atoms in total. The minimum atomic E-state index is -1.00. The predicted octanol–water partition coefficient (Wildman–Crippen LogP) is 3.17. The minimum absolute atomic E-state index is 0.174. The van der Waals surface area contributed by atoms with Crippen molar-refractivity contribution in [2.45, 2.75) is 24.1 Å². The standard InChI is InChI=1S/C14H17NOS2/c1-10-5-6-12(8-11(10)2)13(15)9-18(16)14-4-3-7-17-14/h3-8,13H,9,15H2,1-2H3. The second kappa shape index (κ2) is 5.78. The lowest BCUT2D eigenvalue weighted by Gasteiger charge is -2.13. The van der Waals surface area contributed by atoms with Gasteiger partial charge in [-0.05, 0) is 42.0 Å². The predicted molar refractivity (Wildman–Crippen MR) is 78.4 cm³/mol. The summed E-state index contributed by atoms with van der Waals surface area (Å²) in [5.74, 6) is 0.475. The van der Waals surface area contributed by atoms with Gasteiger partial charge in [-0.2, -0.15) is 0 Å². The molecule has 1 heterocycles. The maximum Gasteiger partial charge on any atom is 0.0911 e. The van der Waals surface area contributed by atoms with Crippen molar-refractivity contribution in [3.63, 3.8) is 0 Å². The Labute approximate surface area is 114 Å². The van der Waals surface area contributed by atoms with Crippen LogP contribution in [0.1, 0.15) is 22.7 Å². The Hall–Kier alpha value is -0.970. The summed E-state index contributed by atoms with van der Waals surface area (Å²) in [6.45, 7) is 4.15. The summed E-state index contributed by atoms with van der Waals surface area (Å²) < 4.78 is 13.0. The van der Waals surface area contributed by atoms with Gasteiger partial charge in [0, 0.05) is 11.8 Å². The van der Waals surface area contributed by atoms with Gasteiger partial charge in [0.25, 0.3) is 0 Å². The Morgan fingerprint density at radius 2 is 2.06 bits per heavy atom. The lowest BCUT2D eigenvalue weighted by atomic mass is 10.0. The molecular weight excluding hydrogens is 262 g/mol. The van der Waals surface area contributed by atoms with Gasteiger partial charge in [0.1, 0.15) is 0 Å². The van der Waals surface area contributed by atoms with Gasteiger partial charge < -0.3 is 5.73 Å². The van der Waals surface area contributed by atoms with Crippen molar-refractivity contribution in [2.24, 2.45) is 5.73 Å². The van der Waals surface area contributed by atoms with Crippen molar-refractivity contribution in [1.29, 1.82) is 0 Å². The fourth-order valence-corrected chi connectivity index (χ4v) is 3.89. The van der Waals surface area contributed by atoms with Crippen LogP contribution in [0.3, 0.4) is 0 Å². The highest BCUT2D eigenvalue weighted by atomic mass is 32.2. The zero-order valence-electron chi connectivity index (χ0n) is 10.6. The van der Waals surface area contributed by atoms with Crippen LogP contribution in [0.2, 0.25) is 0 Å². The third kappa shape index (κ3) is 3.07. The van der Waals surface area contributed by atoms with E-state index in [0.29, 0.717) is 5.75 Å². The summed E-state index contributed by atoms with van der Waals surface area (Å²) >= 11 is 1.52. The first kappa shape index (κ1) is 13.5. The van der Waals surface area contributed by atoms with E-state index in [1.165, 1.54) is 22.5 Å². The molecule has 2 unspecified atom stereocenters. The normalized spacial score (nSPS) is 14.4. The summed E-state index contributed by atoms with van der Waals surface area (Å²) in [6, 6.07) is 9.82. The maximum absolute atomic E-state index is 12.1. The molecular formula is C14H17NOS2. The summed E-state index contributed by atoms with van der Waals surface area (Å²) in [7, 11) is -1.00. The van der Waals surface area contributed by atoms with Gasteiger partial charge in [-0.25, -0.2) is 0 Å². The molecule has 1 aromatic carbocycles. The van der Waals surface area contributed by atoms with E-state index in [1.807, 2.05) is 23.6 Å². The number of hydrogen-bond acceptors (Lipinski definition) is 3. The number of hydrogen-bond donors (Lipinski definition) is 1. The number of aryl methyl sites for hydroxylation is 2. The molecule has 2 N–H and O–H groups in total. The molecule has 0 saturated heterocycles. The average Bonchev–Trinajstić information content (AvgIpc) is 2.86. The molecule has 0 aliphatic carbocycles. The Kier molecular flexibility index (Phi) is 4.32. The molecule has 0 amide bonds. The van der Waals surface area contributed by atoms with Crippen LogP contribution >= 0.6 is 11.3 Å². The smallest absolute Gasteiger partial charge is 0.0911 e. The molecule has 96 valence electrons. The fourth-order valence-electron chi connectivity index (χ4n) is 1.73. The first-order valence-electron chi connectivity index (χ1n) is 5.82. The molecule has 4 heteroatoms. The molecule has 0 bridgehead atoms. The van der Waals surface area contributed by atoms with Gasteiger partial charge in [0.05, 0.1) is 15.0 Å². The van der Waals surface area contributed by atoms with Crippen LogP contribution < -0.4 is 5.73 Å². The highest BCUT2D eigenvalue weighted by Gasteiger charge is 2.13. The molecule has 1 aromatic heterocycles. The topological polar surface area (TPSA) is 43.1 Å². The Balaban J connectivity index is 2.10. The molecule has 2 aromatic rings.